The van der Waals surface area contributed by atoms with Gasteiger partial charge in [0.2, 0.25) is 5.91 Å². The van der Waals surface area contributed by atoms with Gasteiger partial charge in [0.05, 0.1) is 12.5 Å². The molecule has 2 aromatic carbocycles. The second kappa shape index (κ2) is 10.9. The topological polar surface area (TPSA) is 83.9 Å². The Morgan fingerprint density at radius 1 is 0.969 bits per heavy atom. The quantitative estimate of drug-likeness (QED) is 0.507. The van der Waals surface area contributed by atoms with Crippen LogP contribution in [-0.2, 0) is 26.2 Å². The number of aryl methyl sites for hydroxylation is 1. The predicted molar refractivity (Wildman–Crippen MR) is 122 cm³/mol. The van der Waals surface area contributed by atoms with Crippen molar-refractivity contribution in [2.75, 3.05) is 20.2 Å². The van der Waals surface area contributed by atoms with Crippen LogP contribution < -0.4 is 4.74 Å². The minimum Gasteiger partial charge on any atom is -0.497 e. The molecule has 0 saturated heterocycles. The summed E-state index contributed by atoms with van der Waals surface area (Å²) in [5, 5.41) is 8.92. The molecule has 0 atom stereocenters. The van der Waals surface area contributed by atoms with Crippen molar-refractivity contribution in [1.82, 2.24) is 4.90 Å². The van der Waals surface area contributed by atoms with Gasteiger partial charge in [-0.15, -0.1) is 0 Å². The van der Waals surface area contributed by atoms with Crippen molar-refractivity contribution in [2.45, 2.75) is 50.4 Å². The highest BCUT2D eigenvalue weighted by Crippen LogP contribution is 2.43. The fourth-order valence-electron chi connectivity index (χ4n) is 4.33. The molecule has 1 aliphatic carbocycles. The van der Waals surface area contributed by atoms with E-state index in [2.05, 4.69) is 12.1 Å². The van der Waals surface area contributed by atoms with Gasteiger partial charge in [-0.05, 0) is 48.9 Å². The van der Waals surface area contributed by atoms with E-state index in [-0.39, 0.29) is 31.0 Å². The Morgan fingerprint density at radius 3 is 2.22 bits per heavy atom. The van der Waals surface area contributed by atoms with Crippen LogP contribution in [0, 0.1) is 0 Å². The fraction of sp³-hybridized carbons (Fsp3) is 0.423. The number of carboxylic acid groups (broad SMARTS) is 1. The van der Waals surface area contributed by atoms with Gasteiger partial charge < -0.3 is 14.7 Å². The number of unbranched alkanes of at least 4 members (excludes halogenated alkanes) is 1. The van der Waals surface area contributed by atoms with Crippen LogP contribution in [0.5, 0.6) is 5.75 Å². The van der Waals surface area contributed by atoms with Crippen LogP contribution >= 0.6 is 0 Å². The number of ketones is 1. The second-order valence-corrected chi connectivity index (χ2v) is 8.44. The molecule has 0 heterocycles. The standard InChI is InChI=1S/C26H31NO5/c1-32-23-14-12-21(13-15-23)26(18-22(28)19-26)25(31)27(16-6-5-11-24(29)30)17-7-10-20-8-3-2-4-9-20/h2-4,8-9,12-15H,5-7,10-11,16-19H2,1H3,(H,29,30). The number of hydrogen-bond acceptors (Lipinski definition) is 4. The predicted octanol–water partition coefficient (Wildman–Crippen LogP) is 4.01. The fourth-order valence-corrected chi connectivity index (χ4v) is 4.33. The maximum Gasteiger partial charge on any atom is 0.303 e. The Morgan fingerprint density at radius 2 is 1.62 bits per heavy atom. The van der Waals surface area contributed by atoms with E-state index in [1.807, 2.05) is 47.4 Å². The van der Waals surface area contributed by atoms with Crippen molar-refractivity contribution < 1.29 is 24.2 Å². The lowest BCUT2D eigenvalue weighted by molar-refractivity contribution is -0.148. The third-order valence-corrected chi connectivity index (χ3v) is 6.14. The SMILES string of the molecule is COc1ccc(C2(C(=O)N(CCCCC(=O)O)CCCc3ccccc3)CC(=O)C2)cc1. The highest BCUT2D eigenvalue weighted by atomic mass is 16.5. The molecule has 1 amide bonds. The van der Waals surface area contributed by atoms with E-state index in [0.717, 1.165) is 18.4 Å². The van der Waals surface area contributed by atoms with E-state index in [9.17, 15) is 14.4 Å². The average Bonchev–Trinajstić information content (AvgIpc) is 2.78. The molecule has 6 nitrogen and oxygen atoms in total. The van der Waals surface area contributed by atoms with Crippen LogP contribution in [0.3, 0.4) is 0 Å². The molecule has 0 unspecified atom stereocenters. The number of aliphatic carboxylic acids is 1. The molecule has 1 fully saturated rings. The number of carboxylic acids is 1. The smallest absolute Gasteiger partial charge is 0.303 e. The zero-order valence-electron chi connectivity index (χ0n) is 18.6. The maximum atomic E-state index is 13.7. The molecule has 2 aromatic rings. The lowest BCUT2D eigenvalue weighted by atomic mass is 9.62. The van der Waals surface area contributed by atoms with Crippen molar-refractivity contribution in [3.63, 3.8) is 0 Å². The summed E-state index contributed by atoms with van der Waals surface area (Å²) in [5.74, 6) is -0.0726. The van der Waals surface area contributed by atoms with Crippen molar-refractivity contribution in [2.24, 2.45) is 0 Å². The first-order chi connectivity index (χ1) is 15.4. The molecular formula is C26H31NO5. The molecular weight excluding hydrogens is 406 g/mol. The Bertz CT molecular complexity index is 915. The van der Waals surface area contributed by atoms with Crippen LogP contribution in [0.15, 0.2) is 54.6 Å². The summed E-state index contributed by atoms with van der Waals surface area (Å²) in [6, 6.07) is 17.5. The van der Waals surface area contributed by atoms with Gasteiger partial charge in [-0.25, -0.2) is 0 Å². The molecule has 0 bridgehead atoms. The number of Topliss-reactive ketones (excluding diaryl/α,β-unsaturated/α-hetero) is 1. The van der Waals surface area contributed by atoms with Crippen molar-refractivity contribution in [3.8, 4) is 5.75 Å². The number of rotatable bonds is 12. The van der Waals surface area contributed by atoms with Gasteiger partial charge in [0, 0.05) is 32.4 Å². The molecule has 1 saturated carbocycles. The summed E-state index contributed by atoms with van der Waals surface area (Å²) in [5.41, 5.74) is 1.22. The highest BCUT2D eigenvalue weighted by molar-refractivity contribution is 6.04. The monoisotopic (exact) mass is 437 g/mol. The van der Waals surface area contributed by atoms with Gasteiger partial charge >= 0.3 is 5.97 Å². The Labute approximate surface area is 189 Å². The average molecular weight is 438 g/mol. The summed E-state index contributed by atoms with van der Waals surface area (Å²) in [6.07, 6.45) is 3.32. The van der Waals surface area contributed by atoms with Crippen LogP contribution in [0.1, 0.15) is 49.7 Å². The number of amides is 1. The van der Waals surface area contributed by atoms with Crippen molar-refractivity contribution in [3.05, 3.63) is 65.7 Å². The summed E-state index contributed by atoms with van der Waals surface area (Å²) >= 11 is 0. The van der Waals surface area contributed by atoms with Crippen LogP contribution in [-0.4, -0.2) is 47.9 Å². The van der Waals surface area contributed by atoms with E-state index in [0.29, 0.717) is 31.7 Å². The molecule has 1 aliphatic rings. The first kappa shape index (κ1) is 23.5. The third kappa shape index (κ3) is 5.75. The minimum atomic E-state index is -0.830. The van der Waals surface area contributed by atoms with Gasteiger partial charge in [0.25, 0.3) is 0 Å². The Hall–Kier alpha value is -3.15. The lowest BCUT2D eigenvalue weighted by Gasteiger charge is -2.43. The number of nitrogens with zero attached hydrogens (tertiary/aromatic N) is 1. The lowest BCUT2D eigenvalue weighted by Crippen LogP contribution is -2.55. The van der Waals surface area contributed by atoms with Crippen LogP contribution in [0.25, 0.3) is 0 Å². The van der Waals surface area contributed by atoms with Gasteiger partial charge in [0.1, 0.15) is 11.5 Å². The molecule has 0 spiro atoms. The second-order valence-electron chi connectivity index (χ2n) is 8.44. The summed E-state index contributed by atoms with van der Waals surface area (Å²) < 4.78 is 5.23. The molecule has 0 aliphatic heterocycles. The van der Waals surface area contributed by atoms with E-state index < -0.39 is 11.4 Å². The minimum absolute atomic E-state index is 0.0364. The molecule has 170 valence electrons. The highest BCUT2D eigenvalue weighted by Gasteiger charge is 2.52. The zero-order chi connectivity index (χ0) is 23.0. The number of ether oxygens (including phenoxy) is 1. The van der Waals surface area contributed by atoms with Gasteiger partial charge in [0.15, 0.2) is 0 Å². The van der Waals surface area contributed by atoms with Crippen molar-refractivity contribution >= 4 is 17.7 Å². The summed E-state index contributed by atoms with van der Waals surface area (Å²) in [4.78, 5) is 38.5. The van der Waals surface area contributed by atoms with E-state index in [4.69, 9.17) is 9.84 Å². The summed E-state index contributed by atoms with van der Waals surface area (Å²) in [7, 11) is 1.59. The first-order valence-electron chi connectivity index (χ1n) is 11.2. The van der Waals surface area contributed by atoms with E-state index in [1.165, 1.54) is 5.56 Å². The van der Waals surface area contributed by atoms with Gasteiger partial charge in [-0.1, -0.05) is 42.5 Å². The first-order valence-corrected chi connectivity index (χ1v) is 11.2. The number of benzene rings is 2. The van der Waals surface area contributed by atoms with Crippen LogP contribution in [0.4, 0.5) is 0 Å². The summed E-state index contributed by atoms with van der Waals surface area (Å²) in [6.45, 7) is 1.07. The maximum absolute atomic E-state index is 13.7. The normalized spacial score (nSPS) is 14.5. The number of hydrogen-bond donors (Lipinski definition) is 1. The number of carbonyl (C=O) groups is 3. The number of methoxy groups -OCH3 is 1. The van der Waals surface area contributed by atoms with E-state index in [1.54, 1.807) is 7.11 Å². The molecule has 6 heteroatoms. The molecule has 0 aromatic heterocycles. The Kier molecular flexibility index (Phi) is 8.03. The zero-order valence-corrected chi connectivity index (χ0v) is 18.6. The molecule has 32 heavy (non-hydrogen) atoms. The van der Waals surface area contributed by atoms with Crippen LogP contribution in [0.2, 0.25) is 0 Å². The molecule has 3 rings (SSSR count). The van der Waals surface area contributed by atoms with Gasteiger partial charge in [-0.3, -0.25) is 14.4 Å². The molecule has 1 N–H and O–H groups in total. The Balaban J connectivity index is 1.74. The molecule has 0 radical (unpaired) electrons. The van der Waals surface area contributed by atoms with Crippen molar-refractivity contribution in [1.29, 1.82) is 0 Å². The number of carbonyl (C=O) groups excluding carboxylic acids is 2. The van der Waals surface area contributed by atoms with E-state index >= 15 is 0 Å². The largest absolute Gasteiger partial charge is 0.497 e. The third-order valence-electron chi connectivity index (χ3n) is 6.14. The van der Waals surface area contributed by atoms with Gasteiger partial charge in [-0.2, -0.15) is 0 Å².